The van der Waals surface area contributed by atoms with Crippen LogP contribution >= 0.6 is 0 Å². The fourth-order valence-electron chi connectivity index (χ4n) is 2.51. The van der Waals surface area contributed by atoms with Crippen molar-refractivity contribution in [3.05, 3.63) is 53.1 Å². The summed E-state index contributed by atoms with van der Waals surface area (Å²) in [5, 5.41) is 0. The molecule has 2 rings (SSSR count). The lowest BCUT2D eigenvalue weighted by Crippen LogP contribution is -2.27. The van der Waals surface area contributed by atoms with Crippen LogP contribution in [0.3, 0.4) is 0 Å². The van der Waals surface area contributed by atoms with Crippen molar-refractivity contribution in [2.24, 2.45) is 0 Å². The van der Waals surface area contributed by atoms with Crippen LogP contribution in [0.25, 0.3) is 0 Å². The Labute approximate surface area is 143 Å². The lowest BCUT2D eigenvalue weighted by molar-refractivity contribution is 0.410. The summed E-state index contributed by atoms with van der Waals surface area (Å²) in [7, 11) is 1.17. The number of hydrogen-bond acceptors (Lipinski definition) is 4. The molecule has 0 bridgehead atoms. The maximum Gasteiger partial charge on any atom is 0.243 e. The minimum atomic E-state index is -3.58. The highest BCUT2D eigenvalue weighted by molar-refractivity contribution is 7.89. The van der Waals surface area contributed by atoms with Gasteiger partial charge in [-0.3, -0.25) is 0 Å². The number of benzene rings is 2. The minimum Gasteiger partial charge on any atom is -0.497 e. The van der Waals surface area contributed by atoms with Gasteiger partial charge in [0, 0.05) is 13.6 Å². The average molecular weight is 349 g/mol. The van der Waals surface area contributed by atoms with E-state index in [4.69, 9.17) is 9.47 Å². The van der Waals surface area contributed by atoms with E-state index in [1.54, 1.807) is 40.3 Å². The van der Waals surface area contributed by atoms with Crippen molar-refractivity contribution in [1.29, 1.82) is 0 Å². The van der Waals surface area contributed by atoms with Crippen molar-refractivity contribution in [2.45, 2.75) is 25.3 Å². The standard InChI is InChI=1S/C18H23NO4S/c1-13-14(2)18(11-10-17(13)23-5)24(20,21)19(3)12-15-6-8-16(22-4)9-7-15/h6-11H,12H2,1-5H3. The Morgan fingerprint density at radius 1 is 0.917 bits per heavy atom. The van der Waals surface area contributed by atoms with Crippen LogP contribution in [0.4, 0.5) is 0 Å². The van der Waals surface area contributed by atoms with Crippen LogP contribution in [0.5, 0.6) is 11.5 Å². The number of sulfonamides is 1. The van der Waals surface area contributed by atoms with Gasteiger partial charge in [-0.15, -0.1) is 0 Å². The highest BCUT2D eigenvalue weighted by Crippen LogP contribution is 2.29. The summed E-state index contributed by atoms with van der Waals surface area (Å²) in [6.45, 7) is 3.94. The van der Waals surface area contributed by atoms with Gasteiger partial charge in [-0.05, 0) is 54.8 Å². The molecule has 2 aromatic carbocycles. The van der Waals surface area contributed by atoms with E-state index in [0.29, 0.717) is 16.2 Å². The molecule has 0 aliphatic rings. The van der Waals surface area contributed by atoms with Crippen LogP contribution in [-0.4, -0.2) is 34.0 Å². The molecule has 0 heterocycles. The molecule has 0 aromatic heterocycles. The van der Waals surface area contributed by atoms with Crippen LogP contribution < -0.4 is 9.47 Å². The van der Waals surface area contributed by atoms with E-state index in [-0.39, 0.29) is 6.54 Å². The van der Waals surface area contributed by atoms with E-state index in [1.165, 1.54) is 4.31 Å². The van der Waals surface area contributed by atoms with E-state index in [2.05, 4.69) is 0 Å². The summed E-state index contributed by atoms with van der Waals surface area (Å²) < 4.78 is 37.5. The molecule has 0 spiro atoms. The van der Waals surface area contributed by atoms with Crippen LogP contribution in [0, 0.1) is 13.8 Å². The molecule has 2 aromatic rings. The second-order valence-corrected chi connectivity index (χ2v) is 7.64. The first-order chi connectivity index (χ1) is 11.3. The van der Waals surface area contributed by atoms with Gasteiger partial charge in [-0.1, -0.05) is 12.1 Å². The molecule has 130 valence electrons. The molecular formula is C18H23NO4S. The Hall–Kier alpha value is -2.05. The van der Waals surface area contributed by atoms with Crippen LogP contribution in [0.2, 0.25) is 0 Å². The summed E-state index contributed by atoms with van der Waals surface area (Å²) in [5.41, 5.74) is 2.43. The van der Waals surface area contributed by atoms with Gasteiger partial charge in [-0.25, -0.2) is 8.42 Å². The number of ether oxygens (including phenoxy) is 2. The van der Waals surface area contributed by atoms with Crippen molar-refractivity contribution in [2.75, 3.05) is 21.3 Å². The molecule has 0 unspecified atom stereocenters. The van der Waals surface area contributed by atoms with Gasteiger partial charge < -0.3 is 9.47 Å². The third kappa shape index (κ3) is 3.55. The first kappa shape index (κ1) is 18.3. The predicted molar refractivity (Wildman–Crippen MR) is 94.1 cm³/mol. The molecule has 24 heavy (non-hydrogen) atoms. The van der Waals surface area contributed by atoms with Gasteiger partial charge in [0.1, 0.15) is 11.5 Å². The number of methoxy groups -OCH3 is 2. The second-order valence-electron chi connectivity index (χ2n) is 5.63. The van der Waals surface area contributed by atoms with Crippen molar-refractivity contribution in [3.63, 3.8) is 0 Å². The summed E-state index contributed by atoms with van der Waals surface area (Å²) in [4.78, 5) is 0.303. The Bertz CT molecular complexity index is 814. The van der Waals surface area contributed by atoms with E-state index < -0.39 is 10.0 Å². The molecule has 0 saturated carbocycles. The molecule has 0 fully saturated rings. The molecule has 0 aliphatic carbocycles. The van der Waals surface area contributed by atoms with Crippen LogP contribution in [0.1, 0.15) is 16.7 Å². The Morgan fingerprint density at radius 3 is 2.08 bits per heavy atom. The third-order valence-electron chi connectivity index (χ3n) is 4.16. The van der Waals surface area contributed by atoms with Crippen molar-refractivity contribution in [1.82, 2.24) is 4.31 Å². The van der Waals surface area contributed by atoms with Gasteiger partial charge in [0.15, 0.2) is 0 Å². The highest BCUT2D eigenvalue weighted by atomic mass is 32.2. The Balaban J connectivity index is 2.30. The molecule has 0 aliphatic heterocycles. The fourth-order valence-corrected chi connectivity index (χ4v) is 3.95. The summed E-state index contributed by atoms with van der Waals surface area (Å²) in [5.74, 6) is 1.43. The molecule has 0 saturated heterocycles. The number of nitrogens with zero attached hydrogens (tertiary/aromatic N) is 1. The lowest BCUT2D eigenvalue weighted by Gasteiger charge is -2.20. The summed E-state index contributed by atoms with van der Waals surface area (Å²) >= 11 is 0. The SMILES string of the molecule is COc1ccc(CN(C)S(=O)(=O)c2ccc(OC)c(C)c2C)cc1. The van der Waals surface area contributed by atoms with Crippen molar-refractivity contribution >= 4 is 10.0 Å². The van der Waals surface area contributed by atoms with Crippen molar-refractivity contribution in [3.8, 4) is 11.5 Å². The van der Waals surface area contributed by atoms with Gasteiger partial charge >= 0.3 is 0 Å². The molecule has 0 N–H and O–H groups in total. The molecular weight excluding hydrogens is 326 g/mol. The zero-order valence-electron chi connectivity index (χ0n) is 14.7. The van der Waals surface area contributed by atoms with Gasteiger partial charge in [-0.2, -0.15) is 4.31 Å². The number of hydrogen-bond donors (Lipinski definition) is 0. The van der Waals surface area contributed by atoms with E-state index in [0.717, 1.165) is 16.9 Å². The van der Waals surface area contributed by atoms with E-state index >= 15 is 0 Å². The topological polar surface area (TPSA) is 55.8 Å². The fraction of sp³-hybridized carbons (Fsp3) is 0.333. The average Bonchev–Trinajstić information content (AvgIpc) is 2.57. The van der Waals surface area contributed by atoms with Crippen LogP contribution in [0.15, 0.2) is 41.3 Å². The molecule has 0 atom stereocenters. The van der Waals surface area contributed by atoms with Crippen molar-refractivity contribution < 1.29 is 17.9 Å². The molecule has 0 amide bonds. The minimum absolute atomic E-state index is 0.289. The Kier molecular flexibility index (Phi) is 5.51. The lowest BCUT2D eigenvalue weighted by atomic mass is 10.1. The zero-order valence-corrected chi connectivity index (χ0v) is 15.5. The van der Waals surface area contributed by atoms with Gasteiger partial charge in [0.2, 0.25) is 10.0 Å². The summed E-state index contributed by atoms with van der Waals surface area (Å²) in [6, 6.07) is 10.6. The summed E-state index contributed by atoms with van der Waals surface area (Å²) in [6.07, 6.45) is 0. The molecule has 0 radical (unpaired) electrons. The highest BCUT2D eigenvalue weighted by Gasteiger charge is 2.24. The largest absolute Gasteiger partial charge is 0.497 e. The maximum atomic E-state index is 12.9. The third-order valence-corrected chi connectivity index (χ3v) is 6.11. The first-order valence-electron chi connectivity index (χ1n) is 7.54. The number of rotatable bonds is 6. The van der Waals surface area contributed by atoms with E-state index in [1.807, 2.05) is 31.2 Å². The maximum absolute atomic E-state index is 12.9. The first-order valence-corrected chi connectivity index (χ1v) is 8.98. The van der Waals surface area contributed by atoms with Gasteiger partial charge in [0.25, 0.3) is 0 Å². The molecule has 6 heteroatoms. The monoisotopic (exact) mass is 349 g/mol. The van der Waals surface area contributed by atoms with E-state index in [9.17, 15) is 8.42 Å². The van der Waals surface area contributed by atoms with Gasteiger partial charge in [0.05, 0.1) is 19.1 Å². The smallest absolute Gasteiger partial charge is 0.243 e. The predicted octanol–water partition coefficient (Wildman–Crippen LogP) is 3.14. The zero-order chi connectivity index (χ0) is 17.9. The quantitative estimate of drug-likeness (QED) is 0.804. The van der Waals surface area contributed by atoms with Crippen LogP contribution in [-0.2, 0) is 16.6 Å². The second kappa shape index (κ2) is 7.23. The Morgan fingerprint density at radius 2 is 1.54 bits per heavy atom. The molecule has 5 nitrogen and oxygen atoms in total. The normalized spacial score (nSPS) is 11.6.